The average Bonchev–Trinajstić information content (AvgIpc) is 3.18. The Balaban J connectivity index is 1.73. The second-order valence-electron chi connectivity index (χ2n) is 6.33. The van der Waals surface area contributed by atoms with Crippen molar-refractivity contribution in [3.05, 3.63) is 102 Å². The second kappa shape index (κ2) is 6.48. The fraction of sp³-hybridized carbons (Fsp3) is 0. The third-order valence-corrected chi connectivity index (χ3v) is 4.55. The van der Waals surface area contributed by atoms with Gasteiger partial charge in [0.05, 0.1) is 0 Å². The molecule has 126 valence electrons. The maximum Gasteiger partial charge on any atom is 0.161 e. The van der Waals surface area contributed by atoms with Gasteiger partial charge in [-0.25, -0.2) is 0 Å². The number of hydrogen-bond donors (Lipinski definition) is 0. The van der Waals surface area contributed by atoms with Gasteiger partial charge in [0.25, 0.3) is 0 Å². The zero-order valence-electron chi connectivity index (χ0n) is 14.5. The lowest BCUT2D eigenvalue weighted by Gasteiger charge is -2.01. The van der Waals surface area contributed by atoms with E-state index in [9.17, 15) is 0 Å². The molecule has 0 atom stereocenters. The minimum Gasteiger partial charge on any atom is -0.454 e. The van der Waals surface area contributed by atoms with Gasteiger partial charge in [0.2, 0.25) is 0 Å². The van der Waals surface area contributed by atoms with Gasteiger partial charge < -0.3 is 4.42 Å². The van der Waals surface area contributed by atoms with Crippen LogP contribution in [0.5, 0.6) is 0 Å². The first kappa shape index (κ1) is 15.4. The normalized spacial score (nSPS) is 10.7. The summed E-state index contributed by atoms with van der Waals surface area (Å²) < 4.78 is 6.17. The number of rotatable bonds is 1. The van der Waals surface area contributed by atoms with Gasteiger partial charge in [0.1, 0.15) is 11.3 Å². The van der Waals surface area contributed by atoms with E-state index < -0.39 is 0 Å². The highest BCUT2D eigenvalue weighted by atomic mass is 16.3. The summed E-state index contributed by atoms with van der Waals surface area (Å²) in [4.78, 5) is 4.57. The topological polar surface area (TPSA) is 26.0 Å². The number of furan rings is 1. The van der Waals surface area contributed by atoms with Crippen molar-refractivity contribution in [1.82, 2.24) is 4.98 Å². The fourth-order valence-electron chi connectivity index (χ4n) is 3.24. The van der Waals surface area contributed by atoms with Crippen LogP contribution >= 0.6 is 0 Å². The third kappa shape index (κ3) is 2.86. The molecule has 2 heteroatoms. The molecular weight excluding hydrogens is 330 g/mol. The summed E-state index contributed by atoms with van der Waals surface area (Å²) in [5, 5.41) is 2.01. The molecule has 0 amide bonds. The average molecular weight is 345 g/mol. The van der Waals surface area contributed by atoms with Crippen molar-refractivity contribution in [1.29, 1.82) is 0 Å². The summed E-state index contributed by atoms with van der Waals surface area (Å²) in [5.41, 5.74) is 4.64. The zero-order valence-corrected chi connectivity index (χ0v) is 14.5. The minimum absolute atomic E-state index is 0.801. The molecule has 2 heterocycles. The molecule has 0 saturated heterocycles. The summed E-state index contributed by atoms with van der Waals surface area (Å²) in [6.07, 6.45) is 1.79. The van der Waals surface area contributed by atoms with Crippen LogP contribution in [0.25, 0.3) is 33.2 Å². The zero-order chi connectivity index (χ0) is 18.1. The molecule has 2 nitrogen and oxygen atoms in total. The van der Waals surface area contributed by atoms with Gasteiger partial charge in [-0.1, -0.05) is 60.4 Å². The Kier molecular flexibility index (Phi) is 3.70. The standard InChI is InChI=1S/C25H15NO/c1-3-8-18(9-4-1)13-14-20-16-21-17-23(19-10-5-2-6-11-19)27-25(21)24-22(20)12-7-15-26-24/h1-12,15-17H. The molecule has 0 bridgehead atoms. The highest BCUT2D eigenvalue weighted by molar-refractivity contribution is 6.06. The second-order valence-corrected chi connectivity index (χ2v) is 6.33. The van der Waals surface area contributed by atoms with Crippen LogP contribution in [0.15, 0.2) is 95.5 Å². The third-order valence-electron chi connectivity index (χ3n) is 4.55. The molecule has 0 radical (unpaired) electrons. The number of hydrogen-bond acceptors (Lipinski definition) is 2. The summed E-state index contributed by atoms with van der Waals surface area (Å²) in [6, 6.07) is 28.2. The first-order valence-corrected chi connectivity index (χ1v) is 8.82. The van der Waals surface area contributed by atoms with Gasteiger partial charge in [-0.05, 0) is 36.4 Å². The lowest BCUT2D eigenvalue weighted by Crippen LogP contribution is -1.84. The van der Waals surface area contributed by atoms with Crippen LogP contribution < -0.4 is 0 Å². The van der Waals surface area contributed by atoms with Crippen LogP contribution in [0.1, 0.15) is 11.1 Å². The number of fused-ring (bicyclic) bond motifs is 3. The Morgan fingerprint density at radius 2 is 1.52 bits per heavy atom. The Morgan fingerprint density at radius 1 is 0.741 bits per heavy atom. The van der Waals surface area contributed by atoms with Crippen molar-refractivity contribution in [3.8, 4) is 23.2 Å². The van der Waals surface area contributed by atoms with Gasteiger partial charge in [0, 0.05) is 33.7 Å². The van der Waals surface area contributed by atoms with E-state index in [1.807, 2.05) is 72.8 Å². The Morgan fingerprint density at radius 3 is 2.33 bits per heavy atom. The number of aromatic nitrogens is 1. The summed E-state index contributed by atoms with van der Waals surface area (Å²) in [5.74, 6) is 7.40. The van der Waals surface area contributed by atoms with Gasteiger partial charge >= 0.3 is 0 Å². The molecule has 0 N–H and O–H groups in total. The smallest absolute Gasteiger partial charge is 0.161 e. The molecule has 0 spiro atoms. The van der Waals surface area contributed by atoms with Gasteiger partial charge in [0.15, 0.2) is 5.58 Å². The predicted octanol–water partition coefficient (Wildman–Crippen LogP) is 6.05. The number of benzene rings is 3. The Bertz CT molecular complexity index is 1310. The molecular formula is C25H15NO. The number of pyridine rings is 1. The van der Waals surface area contributed by atoms with E-state index in [-0.39, 0.29) is 0 Å². The van der Waals surface area contributed by atoms with E-state index in [1.54, 1.807) is 6.20 Å². The Hall–Kier alpha value is -3.83. The highest BCUT2D eigenvalue weighted by Gasteiger charge is 2.12. The van der Waals surface area contributed by atoms with Gasteiger partial charge in [-0.15, -0.1) is 0 Å². The largest absolute Gasteiger partial charge is 0.454 e. The molecule has 0 fully saturated rings. The molecule has 0 saturated carbocycles. The van der Waals surface area contributed by atoms with Gasteiger partial charge in [-0.3, -0.25) is 4.98 Å². The van der Waals surface area contributed by atoms with Crippen molar-refractivity contribution >= 4 is 21.9 Å². The highest BCUT2D eigenvalue weighted by Crippen LogP contribution is 2.33. The van der Waals surface area contributed by atoms with Crippen molar-refractivity contribution < 1.29 is 4.42 Å². The maximum atomic E-state index is 6.17. The van der Waals surface area contributed by atoms with Crippen LogP contribution in [0.3, 0.4) is 0 Å². The quantitative estimate of drug-likeness (QED) is 0.346. The van der Waals surface area contributed by atoms with E-state index in [1.165, 1.54) is 0 Å². The van der Waals surface area contributed by atoms with E-state index in [0.717, 1.165) is 44.3 Å². The lowest BCUT2D eigenvalue weighted by molar-refractivity contribution is 0.634. The van der Waals surface area contributed by atoms with E-state index >= 15 is 0 Å². The van der Waals surface area contributed by atoms with E-state index in [2.05, 4.69) is 29.0 Å². The van der Waals surface area contributed by atoms with Crippen LogP contribution in [0.2, 0.25) is 0 Å². The van der Waals surface area contributed by atoms with Crippen molar-refractivity contribution in [3.63, 3.8) is 0 Å². The van der Waals surface area contributed by atoms with Gasteiger partial charge in [-0.2, -0.15) is 0 Å². The summed E-state index contributed by atoms with van der Waals surface area (Å²) in [6.45, 7) is 0. The molecule has 0 aliphatic heterocycles. The van der Waals surface area contributed by atoms with Crippen LogP contribution in [0.4, 0.5) is 0 Å². The first-order valence-electron chi connectivity index (χ1n) is 8.82. The van der Waals surface area contributed by atoms with Crippen molar-refractivity contribution in [2.24, 2.45) is 0 Å². The number of nitrogens with zero attached hydrogens (tertiary/aromatic N) is 1. The molecule has 3 aromatic carbocycles. The lowest BCUT2D eigenvalue weighted by atomic mass is 10.0. The molecule has 27 heavy (non-hydrogen) atoms. The maximum absolute atomic E-state index is 6.17. The summed E-state index contributed by atoms with van der Waals surface area (Å²) >= 11 is 0. The molecule has 2 aromatic heterocycles. The van der Waals surface area contributed by atoms with Crippen molar-refractivity contribution in [2.75, 3.05) is 0 Å². The van der Waals surface area contributed by atoms with Crippen LogP contribution in [-0.4, -0.2) is 4.98 Å². The SMILES string of the molecule is C(#Cc1cc2cc(-c3ccccc3)oc2c2ncccc12)c1ccccc1. The predicted molar refractivity (Wildman–Crippen MR) is 109 cm³/mol. The monoisotopic (exact) mass is 345 g/mol. The molecule has 5 aromatic rings. The first-order chi connectivity index (χ1) is 13.4. The van der Waals surface area contributed by atoms with Crippen molar-refractivity contribution in [2.45, 2.75) is 0 Å². The molecule has 0 unspecified atom stereocenters. The van der Waals surface area contributed by atoms with Crippen LogP contribution in [0, 0.1) is 11.8 Å². The summed E-state index contributed by atoms with van der Waals surface area (Å²) in [7, 11) is 0. The minimum atomic E-state index is 0.801. The fourth-order valence-corrected chi connectivity index (χ4v) is 3.24. The van der Waals surface area contributed by atoms with Crippen LogP contribution in [-0.2, 0) is 0 Å². The molecule has 0 aliphatic carbocycles. The Labute approximate surface area is 157 Å². The molecule has 0 aliphatic rings. The molecule has 5 rings (SSSR count). The van der Waals surface area contributed by atoms with E-state index in [4.69, 9.17) is 4.42 Å². The van der Waals surface area contributed by atoms with E-state index in [0.29, 0.717) is 0 Å².